The molecule has 3 heteroatoms. The Morgan fingerprint density at radius 2 is 2.25 bits per heavy atom. The van der Waals surface area contributed by atoms with Crippen LogP contribution in [0.25, 0.3) is 10.9 Å². The van der Waals surface area contributed by atoms with Crippen LogP contribution < -0.4 is 4.74 Å². The van der Waals surface area contributed by atoms with Crippen LogP contribution in [-0.2, 0) is 0 Å². The van der Waals surface area contributed by atoms with Gasteiger partial charge in [0, 0.05) is 0 Å². The van der Waals surface area contributed by atoms with E-state index < -0.39 is 0 Å². The van der Waals surface area contributed by atoms with Crippen LogP contribution in [0.5, 0.6) is 5.88 Å². The van der Waals surface area contributed by atoms with Gasteiger partial charge in [-0.05, 0) is 12.1 Å². The molecule has 1 N–H and O–H groups in total. The summed E-state index contributed by atoms with van der Waals surface area (Å²) in [4.78, 5) is 0. The van der Waals surface area contributed by atoms with E-state index in [4.69, 9.17) is 4.74 Å². The Morgan fingerprint density at radius 1 is 1.42 bits per heavy atom. The Balaban J connectivity index is 2.62. The minimum atomic E-state index is 0.570. The smallest absolute Gasteiger partial charge is 0.245 e. The van der Waals surface area contributed by atoms with Crippen LogP contribution in [-0.4, -0.2) is 10.2 Å². The Morgan fingerprint density at radius 3 is 3.08 bits per heavy atom. The summed E-state index contributed by atoms with van der Waals surface area (Å²) >= 11 is 0. The molecule has 0 unspecified atom stereocenters. The topological polar surface area (TPSA) is 37.9 Å². The van der Waals surface area contributed by atoms with Gasteiger partial charge in [0.25, 0.3) is 0 Å². The van der Waals surface area contributed by atoms with Crippen molar-refractivity contribution in [3.05, 3.63) is 37.1 Å². The first-order valence-electron chi connectivity index (χ1n) is 3.62. The first-order valence-corrected chi connectivity index (χ1v) is 3.62. The maximum absolute atomic E-state index is 5.08. The number of para-hydroxylation sites is 1. The molecule has 12 heavy (non-hydrogen) atoms. The molecular formula is C9H8N2O. The van der Waals surface area contributed by atoms with Crippen LogP contribution in [0.3, 0.4) is 0 Å². The number of benzene rings is 1. The predicted octanol–water partition coefficient (Wildman–Crippen LogP) is 2.09. The fourth-order valence-corrected chi connectivity index (χ4v) is 1.11. The van der Waals surface area contributed by atoms with Crippen LogP contribution in [0.2, 0.25) is 0 Å². The summed E-state index contributed by atoms with van der Waals surface area (Å²) in [7, 11) is 0. The SMILES string of the molecule is C=COc1n[nH]c2ccccc12. The van der Waals surface area contributed by atoms with E-state index in [1.807, 2.05) is 24.3 Å². The molecule has 60 valence electrons. The molecule has 0 radical (unpaired) electrons. The van der Waals surface area contributed by atoms with Crippen molar-refractivity contribution in [3.8, 4) is 5.88 Å². The van der Waals surface area contributed by atoms with Gasteiger partial charge >= 0.3 is 0 Å². The molecule has 0 saturated heterocycles. The van der Waals surface area contributed by atoms with Crippen molar-refractivity contribution in [2.45, 2.75) is 0 Å². The lowest BCUT2D eigenvalue weighted by atomic mass is 10.2. The van der Waals surface area contributed by atoms with Crippen molar-refractivity contribution in [2.75, 3.05) is 0 Å². The minimum Gasteiger partial charge on any atom is -0.446 e. The molecule has 1 aromatic heterocycles. The monoisotopic (exact) mass is 160 g/mol. The molecule has 0 aliphatic rings. The molecule has 0 amide bonds. The molecule has 0 atom stereocenters. The summed E-state index contributed by atoms with van der Waals surface area (Å²) in [5, 5.41) is 7.79. The van der Waals surface area contributed by atoms with Crippen LogP contribution >= 0.6 is 0 Å². The minimum absolute atomic E-state index is 0.570. The molecule has 0 bridgehead atoms. The maximum Gasteiger partial charge on any atom is 0.245 e. The Labute approximate surface area is 69.7 Å². The molecule has 1 aromatic carbocycles. The third-order valence-electron chi connectivity index (χ3n) is 1.63. The van der Waals surface area contributed by atoms with Crippen molar-refractivity contribution in [2.24, 2.45) is 0 Å². The fourth-order valence-electron chi connectivity index (χ4n) is 1.11. The lowest BCUT2D eigenvalue weighted by molar-refractivity contribution is 0.467. The molecule has 0 aliphatic heterocycles. The van der Waals surface area contributed by atoms with E-state index >= 15 is 0 Å². The van der Waals surface area contributed by atoms with Crippen molar-refractivity contribution in [1.82, 2.24) is 10.2 Å². The zero-order chi connectivity index (χ0) is 8.39. The number of nitrogens with one attached hydrogen (secondary N) is 1. The molecule has 1 heterocycles. The van der Waals surface area contributed by atoms with Gasteiger partial charge in [-0.1, -0.05) is 18.7 Å². The molecule has 3 nitrogen and oxygen atoms in total. The summed E-state index contributed by atoms with van der Waals surface area (Å²) in [6.07, 6.45) is 1.36. The van der Waals surface area contributed by atoms with E-state index in [-0.39, 0.29) is 0 Å². The maximum atomic E-state index is 5.08. The zero-order valence-corrected chi connectivity index (χ0v) is 6.45. The number of hydrogen-bond acceptors (Lipinski definition) is 2. The number of rotatable bonds is 2. The van der Waals surface area contributed by atoms with E-state index in [2.05, 4.69) is 16.8 Å². The van der Waals surface area contributed by atoms with Gasteiger partial charge in [-0.3, -0.25) is 5.10 Å². The van der Waals surface area contributed by atoms with Gasteiger partial charge in [0.05, 0.1) is 17.2 Å². The lowest BCUT2D eigenvalue weighted by Gasteiger charge is -1.92. The van der Waals surface area contributed by atoms with Crippen molar-refractivity contribution < 1.29 is 4.74 Å². The highest BCUT2D eigenvalue weighted by Gasteiger charge is 2.02. The second-order valence-electron chi connectivity index (χ2n) is 2.36. The summed E-state index contributed by atoms with van der Waals surface area (Å²) in [5.41, 5.74) is 0.967. The van der Waals surface area contributed by atoms with Gasteiger partial charge in [0.15, 0.2) is 0 Å². The molecule has 0 fully saturated rings. The number of H-pyrrole nitrogens is 1. The van der Waals surface area contributed by atoms with Crippen LogP contribution in [0.4, 0.5) is 0 Å². The van der Waals surface area contributed by atoms with E-state index in [0.717, 1.165) is 10.9 Å². The number of aromatic nitrogens is 2. The lowest BCUT2D eigenvalue weighted by Crippen LogP contribution is -1.79. The summed E-state index contributed by atoms with van der Waals surface area (Å²) in [6, 6.07) is 7.77. The van der Waals surface area contributed by atoms with E-state index in [0.29, 0.717) is 5.88 Å². The quantitative estimate of drug-likeness (QED) is 0.683. The highest BCUT2D eigenvalue weighted by atomic mass is 16.5. The highest BCUT2D eigenvalue weighted by Crippen LogP contribution is 2.21. The van der Waals surface area contributed by atoms with Crippen LogP contribution in [0.15, 0.2) is 37.1 Å². The molecule has 0 aliphatic carbocycles. The van der Waals surface area contributed by atoms with Gasteiger partial charge in [0.2, 0.25) is 5.88 Å². The van der Waals surface area contributed by atoms with Crippen LogP contribution in [0.1, 0.15) is 0 Å². The van der Waals surface area contributed by atoms with Crippen molar-refractivity contribution in [1.29, 1.82) is 0 Å². The van der Waals surface area contributed by atoms with Gasteiger partial charge in [0.1, 0.15) is 0 Å². The fraction of sp³-hybridized carbons (Fsp3) is 0. The van der Waals surface area contributed by atoms with E-state index in [1.165, 1.54) is 6.26 Å². The summed E-state index contributed by atoms with van der Waals surface area (Å²) in [6.45, 7) is 3.47. The normalized spacial score (nSPS) is 10.0. The third-order valence-corrected chi connectivity index (χ3v) is 1.63. The van der Waals surface area contributed by atoms with Gasteiger partial charge in [-0.25, -0.2) is 0 Å². The average Bonchev–Trinajstić information content (AvgIpc) is 2.50. The first-order chi connectivity index (χ1) is 5.92. The number of fused-ring (bicyclic) bond motifs is 1. The average molecular weight is 160 g/mol. The largest absolute Gasteiger partial charge is 0.446 e. The van der Waals surface area contributed by atoms with E-state index in [9.17, 15) is 0 Å². The Hall–Kier alpha value is -1.77. The Bertz CT molecular complexity index is 406. The number of hydrogen-bond donors (Lipinski definition) is 1. The van der Waals surface area contributed by atoms with Gasteiger partial charge in [-0.15, -0.1) is 5.10 Å². The Kier molecular flexibility index (Phi) is 1.55. The highest BCUT2D eigenvalue weighted by molar-refractivity contribution is 5.83. The molecular weight excluding hydrogens is 152 g/mol. The van der Waals surface area contributed by atoms with Crippen molar-refractivity contribution in [3.63, 3.8) is 0 Å². The molecule has 2 rings (SSSR count). The number of aromatic amines is 1. The number of ether oxygens (including phenoxy) is 1. The first kappa shape index (κ1) is 6.91. The third kappa shape index (κ3) is 0.955. The summed E-state index contributed by atoms with van der Waals surface area (Å²) < 4.78 is 5.08. The summed E-state index contributed by atoms with van der Waals surface area (Å²) in [5.74, 6) is 0.570. The second-order valence-corrected chi connectivity index (χ2v) is 2.36. The molecule has 0 spiro atoms. The van der Waals surface area contributed by atoms with Crippen molar-refractivity contribution >= 4 is 10.9 Å². The standard InChI is InChI=1S/C9H8N2O/c1-2-12-9-7-5-3-4-6-8(7)10-11-9/h2-6H,1H2,(H,10,11). The predicted molar refractivity (Wildman–Crippen MR) is 46.9 cm³/mol. The van der Waals surface area contributed by atoms with Crippen LogP contribution in [0, 0.1) is 0 Å². The van der Waals surface area contributed by atoms with Gasteiger partial charge < -0.3 is 4.74 Å². The molecule has 2 aromatic rings. The van der Waals surface area contributed by atoms with E-state index in [1.54, 1.807) is 0 Å². The second kappa shape index (κ2) is 2.70. The van der Waals surface area contributed by atoms with Gasteiger partial charge in [-0.2, -0.15) is 0 Å². The zero-order valence-electron chi connectivity index (χ0n) is 6.45. The number of nitrogens with zero attached hydrogens (tertiary/aromatic N) is 1. The molecule has 0 saturated carbocycles.